The van der Waals surface area contributed by atoms with Crippen LogP contribution >= 0.6 is 0 Å². The van der Waals surface area contributed by atoms with E-state index in [0.29, 0.717) is 23.7 Å². The third kappa shape index (κ3) is 3.06. The maximum atomic E-state index is 12.2. The number of aromatic amines is 2. The van der Waals surface area contributed by atoms with E-state index in [-0.39, 0.29) is 16.7 Å². The van der Waals surface area contributed by atoms with Gasteiger partial charge in [0.2, 0.25) is 5.65 Å². The Bertz CT molecular complexity index is 1100. The average molecular weight is 347 g/mol. The number of rotatable bonds is 5. The first-order chi connectivity index (χ1) is 12.7. The van der Waals surface area contributed by atoms with Crippen LogP contribution in [0.1, 0.15) is 18.1 Å². The maximum absolute atomic E-state index is 12.2. The third-order valence-corrected chi connectivity index (χ3v) is 4.05. The van der Waals surface area contributed by atoms with E-state index in [2.05, 4.69) is 37.5 Å². The van der Waals surface area contributed by atoms with Crippen molar-refractivity contribution in [1.82, 2.24) is 25.4 Å². The van der Waals surface area contributed by atoms with E-state index in [1.165, 1.54) is 5.56 Å². The predicted octanol–water partition coefficient (Wildman–Crippen LogP) is 2.70. The zero-order valence-electron chi connectivity index (χ0n) is 14.2. The van der Waals surface area contributed by atoms with Crippen LogP contribution in [-0.2, 0) is 6.42 Å². The van der Waals surface area contributed by atoms with Gasteiger partial charge in [-0.1, -0.05) is 36.4 Å². The van der Waals surface area contributed by atoms with Crippen molar-refractivity contribution in [3.05, 3.63) is 70.0 Å². The first kappa shape index (κ1) is 16.0. The van der Waals surface area contributed by atoms with Crippen molar-refractivity contribution in [3.8, 4) is 17.1 Å². The summed E-state index contributed by atoms with van der Waals surface area (Å²) < 4.78 is 5.80. The van der Waals surface area contributed by atoms with E-state index in [1.807, 2.05) is 43.3 Å². The predicted molar refractivity (Wildman–Crippen MR) is 98.2 cm³/mol. The highest BCUT2D eigenvalue weighted by atomic mass is 16.5. The van der Waals surface area contributed by atoms with Crippen molar-refractivity contribution in [1.29, 1.82) is 0 Å². The molecule has 0 unspecified atom stereocenters. The Morgan fingerprint density at radius 2 is 1.88 bits per heavy atom. The van der Waals surface area contributed by atoms with E-state index in [1.54, 1.807) is 0 Å². The highest BCUT2D eigenvalue weighted by Crippen LogP contribution is 2.29. The quantitative estimate of drug-likeness (QED) is 0.578. The van der Waals surface area contributed by atoms with Gasteiger partial charge in [-0.15, -0.1) is 10.2 Å². The molecule has 0 radical (unpaired) electrons. The molecular formula is C19H17N5O2. The van der Waals surface area contributed by atoms with Gasteiger partial charge in [0.05, 0.1) is 12.2 Å². The Labute approximate surface area is 149 Å². The van der Waals surface area contributed by atoms with E-state index < -0.39 is 0 Å². The van der Waals surface area contributed by atoms with E-state index in [4.69, 9.17) is 4.74 Å². The molecule has 0 saturated carbocycles. The summed E-state index contributed by atoms with van der Waals surface area (Å²) in [5.41, 5.74) is 3.18. The summed E-state index contributed by atoms with van der Waals surface area (Å²) in [4.78, 5) is 19.3. The summed E-state index contributed by atoms with van der Waals surface area (Å²) in [6.07, 6.45) is 0.799. The largest absolute Gasteiger partial charge is 0.493 e. The third-order valence-electron chi connectivity index (χ3n) is 4.05. The van der Waals surface area contributed by atoms with Gasteiger partial charge in [0.25, 0.3) is 5.56 Å². The molecule has 2 aromatic carbocycles. The molecule has 0 saturated heterocycles. The molecule has 0 aliphatic rings. The number of fused-ring (bicyclic) bond motifs is 1. The number of benzene rings is 2. The van der Waals surface area contributed by atoms with Gasteiger partial charge in [-0.25, -0.2) is 4.98 Å². The number of ether oxygens (including phenoxy) is 1. The lowest BCUT2D eigenvalue weighted by molar-refractivity contribution is 0.341. The molecule has 0 spiro atoms. The molecule has 7 nitrogen and oxygen atoms in total. The van der Waals surface area contributed by atoms with Crippen LogP contribution in [0.15, 0.2) is 53.3 Å². The van der Waals surface area contributed by atoms with Gasteiger partial charge in [0.15, 0.2) is 5.52 Å². The van der Waals surface area contributed by atoms with Crippen LogP contribution in [0.5, 0.6) is 5.75 Å². The second kappa shape index (κ2) is 6.79. The number of hydrogen-bond donors (Lipinski definition) is 2. The minimum atomic E-state index is -0.338. The number of nitrogens with zero attached hydrogens (tertiary/aromatic N) is 3. The zero-order valence-corrected chi connectivity index (χ0v) is 14.2. The summed E-state index contributed by atoms with van der Waals surface area (Å²) in [6, 6.07) is 16.1. The fraction of sp³-hybridized carbons (Fsp3) is 0.158. The SMILES string of the molecule is CCOc1cc(Cc2ccccc2)ccc1-c1nc2n[nH]nc2c(=O)[nH]1. The average Bonchev–Trinajstić information content (AvgIpc) is 3.12. The Kier molecular flexibility index (Phi) is 4.18. The normalized spacial score (nSPS) is 11.0. The van der Waals surface area contributed by atoms with Crippen molar-refractivity contribution in [3.63, 3.8) is 0 Å². The van der Waals surface area contributed by atoms with E-state index >= 15 is 0 Å². The van der Waals surface area contributed by atoms with Gasteiger partial charge in [-0.05, 0) is 36.6 Å². The molecule has 2 aromatic heterocycles. The van der Waals surface area contributed by atoms with Crippen LogP contribution < -0.4 is 10.3 Å². The minimum absolute atomic E-state index is 0.187. The Hall–Kier alpha value is -3.48. The van der Waals surface area contributed by atoms with Crippen molar-refractivity contribution in [2.24, 2.45) is 0 Å². The fourth-order valence-corrected chi connectivity index (χ4v) is 2.86. The van der Waals surface area contributed by atoms with Gasteiger partial charge >= 0.3 is 0 Å². The summed E-state index contributed by atoms with van der Waals surface area (Å²) in [6.45, 7) is 2.43. The summed E-state index contributed by atoms with van der Waals surface area (Å²) in [7, 11) is 0. The summed E-state index contributed by atoms with van der Waals surface area (Å²) in [5.74, 6) is 1.08. The van der Waals surface area contributed by atoms with Crippen molar-refractivity contribution >= 4 is 11.2 Å². The number of aromatic nitrogens is 5. The zero-order chi connectivity index (χ0) is 17.9. The highest BCUT2D eigenvalue weighted by Gasteiger charge is 2.14. The minimum Gasteiger partial charge on any atom is -0.493 e. The van der Waals surface area contributed by atoms with Gasteiger partial charge in [0, 0.05) is 0 Å². The second-order valence-corrected chi connectivity index (χ2v) is 5.84. The molecule has 2 N–H and O–H groups in total. The lowest BCUT2D eigenvalue weighted by Gasteiger charge is -2.12. The Balaban J connectivity index is 1.76. The van der Waals surface area contributed by atoms with E-state index in [9.17, 15) is 4.79 Å². The number of hydrogen-bond acceptors (Lipinski definition) is 5. The van der Waals surface area contributed by atoms with Crippen molar-refractivity contribution in [2.75, 3.05) is 6.61 Å². The molecule has 0 amide bonds. The van der Waals surface area contributed by atoms with Crippen LogP contribution in [0.4, 0.5) is 0 Å². The Morgan fingerprint density at radius 3 is 2.69 bits per heavy atom. The molecule has 0 fully saturated rings. The lowest BCUT2D eigenvalue weighted by Crippen LogP contribution is -2.10. The molecule has 0 bridgehead atoms. The van der Waals surface area contributed by atoms with E-state index in [0.717, 1.165) is 12.0 Å². The lowest BCUT2D eigenvalue weighted by atomic mass is 10.0. The standard InChI is InChI=1S/C19H17N5O2/c1-2-26-15-11-13(10-12-6-4-3-5-7-12)8-9-14(15)17-20-18-16(19(25)21-17)22-24-23-18/h3-9,11H,2,10H2,1H3,(H2,20,21,22,23,24,25). The molecule has 0 aliphatic carbocycles. The van der Waals surface area contributed by atoms with Crippen LogP contribution in [0.3, 0.4) is 0 Å². The first-order valence-corrected chi connectivity index (χ1v) is 8.35. The molecule has 0 aliphatic heterocycles. The first-order valence-electron chi connectivity index (χ1n) is 8.35. The van der Waals surface area contributed by atoms with Crippen LogP contribution in [-0.4, -0.2) is 32.0 Å². The molecule has 26 heavy (non-hydrogen) atoms. The van der Waals surface area contributed by atoms with Gasteiger partial charge < -0.3 is 9.72 Å². The molecule has 130 valence electrons. The molecule has 4 aromatic rings. The monoisotopic (exact) mass is 347 g/mol. The van der Waals surface area contributed by atoms with Gasteiger partial charge in [0.1, 0.15) is 11.6 Å². The molecule has 0 atom stereocenters. The maximum Gasteiger partial charge on any atom is 0.281 e. The van der Waals surface area contributed by atoms with Crippen LogP contribution in [0, 0.1) is 0 Å². The summed E-state index contributed by atoms with van der Waals surface area (Å²) >= 11 is 0. The molecule has 4 rings (SSSR count). The number of H-pyrrole nitrogens is 2. The van der Waals surface area contributed by atoms with Crippen LogP contribution in [0.25, 0.3) is 22.6 Å². The Morgan fingerprint density at radius 1 is 1.04 bits per heavy atom. The smallest absolute Gasteiger partial charge is 0.281 e. The van der Waals surface area contributed by atoms with Gasteiger partial charge in [-0.3, -0.25) is 4.79 Å². The highest BCUT2D eigenvalue weighted by molar-refractivity contribution is 5.73. The fourth-order valence-electron chi connectivity index (χ4n) is 2.86. The molecular weight excluding hydrogens is 330 g/mol. The van der Waals surface area contributed by atoms with Gasteiger partial charge in [-0.2, -0.15) is 5.21 Å². The molecule has 7 heteroatoms. The topological polar surface area (TPSA) is 96.6 Å². The summed E-state index contributed by atoms with van der Waals surface area (Å²) in [5, 5.41) is 10.1. The number of nitrogens with one attached hydrogen (secondary N) is 2. The second-order valence-electron chi connectivity index (χ2n) is 5.84. The molecule has 2 heterocycles. The van der Waals surface area contributed by atoms with Crippen LogP contribution in [0.2, 0.25) is 0 Å². The van der Waals surface area contributed by atoms with Crippen molar-refractivity contribution in [2.45, 2.75) is 13.3 Å². The van der Waals surface area contributed by atoms with Crippen molar-refractivity contribution < 1.29 is 4.74 Å².